The van der Waals surface area contributed by atoms with Crippen LogP contribution in [0.25, 0.3) is 0 Å². The number of hydrogen-bond donors (Lipinski definition) is 2. The number of nitrogens with two attached hydrogens (primary N) is 1. The summed E-state index contributed by atoms with van der Waals surface area (Å²) in [5.74, 6) is 1.31. The van der Waals surface area contributed by atoms with Gasteiger partial charge in [-0.3, -0.25) is 4.99 Å². The molecular weight excluding hydrogens is 310 g/mol. The van der Waals surface area contributed by atoms with Crippen molar-refractivity contribution in [3.05, 3.63) is 35.9 Å². The highest BCUT2D eigenvalue weighted by molar-refractivity contribution is 5.78. The van der Waals surface area contributed by atoms with Crippen LogP contribution in [0.5, 0.6) is 0 Å². The van der Waals surface area contributed by atoms with Crippen LogP contribution >= 0.6 is 0 Å². The number of guanidine groups is 1. The van der Waals surface area contributed by atoms with Crippen molar-refractivity contribution in [1.29, 1.82) is 0 Å². The highest BCUT2D eigenvalue weighted by atomic mass is 16.5. The van der Waals surface area contributed by atoms with Crippen molar-refractivity contribution >= 4 is 5.96 Å². The van der Waals surface area contributed by atoms with Crippen LogP contribution in [0.1, 0.15) is 69.4 Å². The Morgan fingerprint density at radius 2 is 1.72 bits per heavy atom. The molecule has 3 rings (SSSR count). The number of ether oxygens (including phenoxy) is 1. The van der Waals surface area contributed by atoms with E-state index in [0.29, 0.717) is 17.9 Å². The van der Waals surface area contributed by atoms with Crippen molar-refractivity contribution in [2.75, 3.05) is 13.2 Å². The van der Waals surface area contributed by atoms with Crippen molar-refractivity contribution in [2.45, 2.75) is 69.9 Å². The zero-order valence-electron chi connectivity index (χ0n) is 15.3. The molecule has 0 amide bonds. The van der Waals surface area contributed by atoms with Crippen LogP contribution in [0, 0.1) is 5.92 Å². The number of hydrogen-bond acceptors (Lipinski definition) is 2. The third-order valence-electron chi connectivity index (χ3n) is 5.58. The van der Waals surface area contributed by atoms with Gasteiger partial charge in [-0.1, -0.05) is 56.0 Å². The van der Waals surface area contributed by atoms with Crippen LogP contribution in [-0.2, 0) is 4.74 Å². The van der Waals surface area contributed by atoms with Crippen LogP contribution in [0.15, 0.2) is 35.3 Å². The average molecular weight is 344 g/mol. The van der Waals surface area contributed by atoms with Gasteiger partial charge in [-0.25, -0.2) is 0 Å². The molecule has 0 radical (unpaired) electrons. The third kappa shape index (κ3) is 6.03. The van der Waals surface area contributed by atoms with E-state index in [2.05, 4.69) is 35.6 Å². The van der Waals surface area contributed by atoms with Crippen LogP contribution < -0.4 is 11.1 Å². The first-order valence-electron chi connectivity index (χ1n) is 10.0. The number of rotatable bonds is 5. The molecule has 0 bridgehead atoms. The predicted octanol–water partition coefficient (Wildman–Crippen LogP) is 4.17. The summed E-state index contributed by atoms with van der Waals surface area (Å²) in [6.07, 6.45) is 11.0. The van der Waals surface area contributed by atoms with Gasteiger partial charge in [0.05, 0.1) is 12.1 Å². The summed E-state index contributed by atoms with van der Waals surface area (Å²) in [7, 11) is 0. The molecule has 1 aromatic carbocycles. The first kappa shape index (κ1) is 18.2. The number of aliphatic imine (C=N–C) groups is 1. The average Bonchev–Trinajstić information content (AvgIpc) is 2.91. The summed E-state index contributed by atoms with van der Waals surface area (Å²) >= 11 is 0. The Morgan fingerprint density at radius 3 is 2.40 bits per heavy atom. The van der Waals surface area contributed by atoms with Crippen molar-refractivity contribution in [2.24, 2.45) is 16.6 Å². The van der Waals surface area contributed by atoms with Crippen LogP contribution in [0.2, 0.25) is 0 Å². The maximum absolute atomic E-state index is 6.31. The van der Waals surface area contributed by atoms with Gasteiger partial charge in [0.25, 0.3) is 0 Å². The summed E-state index contributed by atoms with van der Waals surface area (Å²) in [6, 6.07) is 11.3. The standard InChI is InChI=1S/C21H33N3O/c22-21(23-19-10-6-1-2-7-11-19)24-20(18-8-4-3-5-9-18)16-17-12-14-25-15-13-17/h3-5,8-9,17,19-20H,1-2,6-7,10-16H2,(H3,22,23,24). The molecule has 0 aromatic heterocycles. The second-order valence-electron chi connectivity index (χ2n) is 7.56. The molecule has 4 nitrogen and oxygen atoms in total. The summed E-state index contributed by atoms with van der Waals surface area (Å²) in [5, 5.41) is 3.54. The number of nitrogens with zero attached hydrogens (tertiary/aromatic N) is 1. The fourth-order valence-electron chi connectivity index (χ4n) is 4.08. The van der Waals surface area contributed by atoms with Gasteiger partial charge in [-0.2, -0.15) is 0 Å². The largest absolute Gasteiger partial charge is 0.381 e. The monoisotopic (exact) mass is 343 g/mol. The minimum absolute atomic E-state index is 0.235. The van der Waals surface area contributed by atoms with Crippen molar-refractivity contribution in [3.8, 4) is 0 Å². The summed E-state index contributed by atoms with van der Waals surface area (Å²) in [4.78, 5) is 4.81. The molecular formula is C21H33N3O. The zero-order chi connectivity index (χ0) is 17.3. The molecule has 1 unspecified atom stereocenters. The Morgan fingerprint density at radius 1 is 1.04 bits per heavy atom. The van der Waals surface area contributed by atoms with Gasteiger partial charge in [-0.05, 0) is 43.6 Å². The topological polar surface area (TPSA) is 59.6 Å². The molecule has 2 aliphatic rings. The highest BCUT2D eigenvalue weighted by Gasteiger charge is 2.21. The maximum atomic E-state index is 6.31. The molecule has 4 heteroatoms. The molecule has 1 saturated carbocycles. The lowest BCUT2D eigenvalue weighted by atomic mass is 9.89. The van der Waals surface area contributed by atoms with Crippen LogP contribution in [0.3, 0.4) is 0 Å². The number of benzene rings is 1. The van der Waals surface area contributed by atoms with Gasteiger partial charge >= 0.3 is 0 Å². The van der Waals surface area contributed by atoms with Gasteiger partial charge in [0.15, 0.2) is 5.96 Å². The summed E-state index contributed by atoms with van der Waals surface area (Å²) in [6.45, 7) is 1.77. The van der Waals surface area contributed by atoms with E-state index in [0.717, 1.165) is 32.5 Å². The van der Waals surface area contributed by atoms with Crippen LogP contribution in [0.4, 0.5) is 0 Å². The Kier molecular flexibility index (Phi) is 7.16. The predicted molar refractivity (Wildman–Crippen MR) is 104 cm³/mol. The lowest BCUT2D eigenvalue weighted by molar-refractivity contribution is 0.0612. The summed E-state index contributed by atoms with van der Waals surface area (Å²) in [5.41, 5.74) is 7.61. The molecule has 1 aliphatic carbocycles. The Hall–Kier alpha value is -1.55. The Labute approximate surface area is 152 Å². The van der Waals surface area contributed by atoms with Crippen molar-refractivity contribution < 1.29 is 4.74 Å². The van der Waals surface area contributed by atoms with E-state index >= 15 is 0 Å². The van der Waals surface area contributed by atoms with E-state index in [4.69, 9.17) is 15.5 Å². The van der Waals surface area contributed by atoms with Gasteiger partial charge in [0.1, 0.15) is 0 Å². The van der Waals surface area contributed by atoms with Gasteiger partial charge < -0.3 is 15.8 Å². The molecule has 1 saturated heterocycles. The Bertz CT molecular complexity index is 517. The normalized spacial score (nSPS) is 22.3. The quantitative estimate of drug-likeness (QED) is 0.479. The lowest BCUT2D eigenvalue weighted by Crippen LogP contribution is -2.37. The SMILES string of the molecule is NC(=NC1CCCCCC1)NC(CC1CCOCC1)c1ccccc1. The molecule has 1 aliphatic heterocycles. The molecule has 3 N–H and O–H groups in total. The van der Waals surface area contributed by atoms with Crippen LogP contribution in [-0.4, -0.2) is 25.2 Å². The van der Waals surface area contributed by atoms with Crippen molar-refractivity contribution in [1.82, 2.24) is 5.32 Å². The van der Waals surface area contributed by atoms with E-state index in [1.165, 1.54) is 44.1 Å². The van der Waals surface area contributed by atoms with Crippen molar-refractivity contribution in [3.63, 3.8) is 0 Å². The minimum Gasteiger partial charge on any atom is -0.381 e. The lowest BCUT2D eigenvalue weighted by Gasteiger charge is -2.28. The second kappa shape index (κ2) is 9.81. The van der Waals surface area contributed by atoms with E-state index in [1.54, 1.807) is 0 Å². The fraction of sp³-hybridized carbons (Fsp3) is 0.667. The first-order valence-corrected chi connectivity index (χ1v) is 10.0. The minimum atomic E-state index is 0.235. The molecule has 1 aromatic rings. The highest BCUT2D eigenvalue weighted by Crippen LogP contribution is 2.27. The van der Waals surface area contributed by atoms with Gasteiger partial charge in [0, 0.05) is 13.2 Å². The number of nitrogens with one attached hydrogen (secondary N) is 1. The molecule has 1 atom stereocenters. The second-order valence-corrected chi connectivity index (χ2v) is 7.56. The molecule has 0 spiro atoms. The molecule has 138 valence electrons. The van der Waals surface area contributed by atoms with E-state index < -0.39 is 0 Å². The summed E-state index contributed by atoms with van der Waals surface area (Å²) < 4.78 is 5.51. The third-order valence-corrected chi connectivity index (χ3v) is 5.58. The molecule has 2 fully saturated rings. The smallest absolute Gasteiger partial charge is 0.189 e. The fourth-order valence-corrected chi connectivity index (χ4v) is 4.08. The van der Waals surface area contributed by atoms with E-state index in [9.17, 15) is 0 Å². The first-order chi connectivity index (χ1) is 12.3. The van der Waals surface area contributed by atoms with Gasteiger partial charge in [-0.15, -0.1) is 0 Å². The maximum Gasteiger partial charge on any atom is 0.189 e. The van der Waals surface area contributed by atoms with E-state index in [1.807, 2.05) is 0 Å². The van der Waals surface area contributed by atoms with Gasteiger partial charge in [0.2, 0.25) is 0 Å². The zero-order valence-corrected chi connectivity index (χ0v) is 15.3. The Balaban J connectivity index is 1.65. The molecule has 25 heavy (non-hydrogen) atoms. The molecule has 1 heterocycles. The van der Waals surface area contributed by atoms with E-state index in [-0.39, 0.29) is 6.04 Å².